The van der Waals surface area contributed by atoms with Crippen LogP contribution in [0, 0.1) is 5.92 Å². The fourth-order valence-electron chi connectivity index (χ4n) is 5.18. The van der Waals surface area contributed by atoms with Gasteiger partial charge in [-0.15, -0.1) is 11.3 Å². The first kappa shape index (κ1) is 19.8. The second-order valence-corrected chi connectivity index (χ2v) is 10.3. The van der Waals surface area contributed by atoms with Crippen LogP contribution < -0.4 is 10.5 Å². The van der Waals surface area contributed by atoms with E-state index in [1.165, 1.54) is 28.8 Å². The first-order valence-electron chi connectivity index (χ1n) is 11.5. The zero-order chi connectivity index (χ0) is 20.7. The van der Waals surface area contributed by atoms with Crippen molar-refractivity contribution in [3.63, 3.8) is 0 Å². The van der Waals surface area contributed by atoms with E-state index in [1.54, 1.807) is 11.3 Å². The molecule has 30 heavy (non-hydrogen) atoms. The third kappa shape index (κ3) is 3.58. The highest BCUT2D eigenvalue weighted by Gasteiger charge is 2.27. The Hall–Kier alpha value is -2.14. The van der Waals surface area contributed by atoms with Crippen LogP contribution in [0.1, 0.15) is 61.6 Å². The summed E-state index contributed by atoms with van der Waals surface area (Å²) >= 11 is 1.76. The number of anilines is 1. The average molecular weight is 422 g/mol. The fourth-order valence-corrected chi connectivity index (χ4v) is 6.43. The van der Waals surface area contributed by atoms with E-state index in [0.29, 0.717) is 5.92 Å². The van der Waals surface area contributed by atoms with Gasteiger partial charge in [0.1, 0.15) is 4.83 Å². The smallest absolute Gasteiger partial charge is 0.264 e. The predicted octanol–water partition coefficient (Wildman–Crippen LogP) is 5.38. The molecule has 0 N–H and O–H groups in total. The van der Waals surface area contributed by atoms with Crippen LogP contribution in [-0.2, 0) is 19.3 Å². The average Bonchev–Trinajstić information content (AvgIpc) is 3.13. The maximum absolute atomic E-state index is 13.6. The zero-order valence-electron chi connectivity index (χ0n) is 18.1. The highest BCUT2D eigenvalue weighted by molar-refractivity contribution is 7.18. The maximum Gasteiger partial charge on any atom is 0.264 e. The summed E-state index contributed by atoms with van der Waals surface area (Å²) in [6.07, 6.45) is 8.03. The minimum Gasteiger partial charge on any atom is -0.342 e. The lowest BCUT2D eigenvalue weighted by molar-refractivity contribution is 0.394. The lowest BCUT2D eigenvalue weighted by Crippen LogP contribution is -2.39. The van der Waals surface area contributed by atoms with E-state index in [4.69, 9.17) is 4.98 Å². The number of hydrogen-bond acceptors (Lipinski definition) is 4. The Morgan fingerprint density at radius 2 is 1.83 bits per heavy atom. The molecule has 1 fully saturated rings. The van der Waals surface area contributed by atoms with E-state index in [-0.39, 0.29) is 11.6 Å². The van der Waals surface area contributed by atoms with Gasteiger partial charge in [0.25, 0.3) is 5.56 Å². The van der Waals surface area contributed by atoms with E-state index in [9.17, 15) is 4.79 Å². The van der Waals surface area contributed by atoms with Crippen LogP contribution in [0.3, 0.4) is 0 Å². The Morgan fingerprint density at radius 1 is 1.10 bits per heavy atom. The third-order valence-electron chi connectivity index (χ3n) is 6.78. The summed E-state index contributed by atoms with van der Waals surface area (Å²) in [5.74, 6) is 1.60. The topological polar surface area (TPSA) is 38.1 Å². The molecular formula is C25H31N3OS. The molecule has 5 rings (SSSR count). The summed E-state index contributed by atoms with van der Waals surface area (Å²) in [5.41, 5.74) is 2.90. The van der Waals surface area contributed by atoms with Crippen molar-refractivity contribution in [2.75, 3.05) is 18.0 Å². The van der Waals surface area contributed by atoms with Crippen molar-refractivity contribution in [1.29, 1.82) is 0 Å². The summed E-state index contributed by atoms with van der Waals surface area (Å²) in [5, 5.41) is 0.908. The van der Waals surface area contributed by atoms with Crippen molar-refractivity contribution in [3.8, 4) is 0 Å². The molecule has 0 spiro atoms. The number of benzene rings is 1. The monoisotopic (exact) mass is 421 g/mol. The number of rotatable bonds is 4. The molecular weight excluding hydrogens is 390 g/mol. The Labute approximate surface area is 182 Å². The normalized spacial score (nSPS) is 17.6. The van der Waals surface area contributed by atoms with Crippen LogP contribution in [0.25, 0.3) is 10.2 Å². The molecule has 158 valence electrons. The summed E-state index contributed by atoms with van der Waals surface area (Å²) in [4.78, 5) is 23.4. The molecule has 1 saturated heterocycles. The van der Waals surface area contributed by atoms with Gasteiger partial charge in [0.05, 0.1) is 5.39 Å². The molecule has 0 unspecified atom stereocenters. The van der Waals surface area contributed by atoms with E-state index in [0.717, 1.165) is 61.4 Å². The van der Waals surface area contributed by atoms with Gasteiger partial charge in [-0.25, -0.2) is 4.98 Å². The summed E-state index contributed by atoms with van der Waals surface area (Å²) < 4.78 is 1.96. The molecule has 0 radical (unpaired) electrons. The van der Waals surface area contributed by atoms with Gasteiger partial charge < -0.3 is 4.90 Å². The number of thiophene rings is 1. The van der Waals surface area contributed by atoms with E-state index in [1.807, 2.05) is 4.57 Å². The molecule has 1 aliphatic heterocycles. The number of piperidine rings is 1. The Bertz CT molecular complexity index is 1090. The van der Waals surface area contributed by atoms with Crippen LogP contribution in [0.2, 0.25) is 0 Å². The molecule has 0 saturated carbocycles. The van der Waals surface area contributed by atoms with Gasteiger partial charge >= 0.3 is 0 Å². The third-order valence-corrected chi connectivity index (χ3v) is 7.97. The predicted molar refractivity (Wildman–Crippen MR) is 126 cm³/mol. The SMILES string of the molecule is CC(C)n1c(N2CCC(Cc3ccccc3)CC2)nc2sc3c(c2c1=O)CCCC3. The Morgan fingerprint density at radius 3 is 2.57 bits per heavy atom. The molecule has 1 aromatic carbocycles. The molecule has 0 amide bonds. The lowest BCUT2D eigenvalue weighted by Gasteiger charge is -2.34. The molecule has 5 heteroatoms. The van der Waals surface area contributed by atoms with Gasteiger partial charge in [-0.1, -0.05) is 30.3 Å². The Kier molecular flexibility index (Phi) is 5.40. The van der Waals surface area contributed by atoms with Crippen LogP contribution in [0.5, 0.6) is 0 Å². The number of nitrogens with zero attached hydrogens (tertiary/aromatic N) is 3. The summed E-state index contributed by atoms with van der Waals surface area (Å²) in [6, 6.07) is 10.9. The molecule has 1 aliphatic carbocycles. The van der Waals surface area contributed by atoms with Gasteiger partial charge in [-0.2, -0.15) is 0 Å². The van der Waals surface area contributed by atoms with Crippen molar-refractivity contribution < 1.29 is 0 Å². The van der Waals surface area contributed by atoms with E-state index in [2.05, 4.69) is 49.1 Å². The van der Waals surface area contributed by atoms with E-state index >= 15 is 0 Å². The zero-order valence-corrected chi connectivity index (χ0v) is 18.9. The van der Waals surface area contributed by atoms with E-state index < -0.39 is 0 Å². The standard InChI is InChI=1S/C25H31N3OS/c1-17(2)28-24(29)22-20-10-6-7-11-21(20)30-23(22)26-25(28)27-14-12-19(13-15-27)16-18-8-4-3-5-9-18/h3-5,8-9,17,19H,6-7,10-16H2,1-2H3. The van der Waals surface area contributed by atoms with Crippen LogP contribution in [-0.4, -0.2) is 22.6 Å². The van der Waals surface area contributed by atoms with Gasteiger partial charge in [-0.3, -0.25) is 9.36 Å². The fraction of sp³-hybridized carbons (Fsp3) is 0.520. The summed E-state index contributed by atoms with van der Waals surface area (Å²) in [7, 11) is 0. The van der Waals surface area contributed by atoms with Crippen LogP contribution in [0.15, 0.2) is 35.1 Å². The highest BCUT2D eigenvalue weighted by Crippen LogP contribution is 2.35. The quantitative estimate of drug-likeness (QED) is 0.568. The Balaban J connectivity index is 1.44. The number of hydrogen-bond donors (Lipinski definition) is 0. The minimum atomic E-state index is 0.116. The second-order valence-electron chi connectivity index (χ2n) is 9.19. The molecule has 3 heterocycles. The largest absolute Gasteiger partial charge is 0.342 e. The summed E-state index contributed by atoms with van der Waals surface area (Å²) in [6.45, 7) is 6.18. The van der Waals surface area contributed by atoms with Crippen LogP contribution in [0.4, 0.5) is 5.95 Å². The first-order valence-corrected chi connectivity index (χ1v) is 12.3. The van der Waals surface area contributed by atoms with Crippen molar-refractivity contribution in [2.24, 2.45) is 5.92 Å². The van der Waals surface area contributed by atoms with Crippen LogP contribution >= 0.6 is 11.3 Å². The highest BCUT2D eigenvalue weighted by atomic mass is 32.1. The van der Waals surface area contributed by atoms with Gasteiger partial charge in [0.15, 0.2) is 0 Å². The molecule has 2 aliphatic rings. The van der Waals surface area contributed by atoms with Crippen molar-refractivity contribution in [2.45, 2.75) is 64.8 Å². The molecule has 4 nitrogen and oxygen atoms in total. The number of aromatic nitrogens is 2. The maximum atomic E-state index is 13.6. The van der Waals surface area contributed by atoms with Crippen molar-refractivity contribution in [1.82, 2.24) is 9.55 Å². The molecule has 3 aromatic rings. The molecule has 0 atom stereocenters. The van der Waals surface area contributed by atoms with Gasteiger partial charge in [-0.05, 0) is 75.8 Å². The van der Waals surface area contributed by atoms with Crippen molar-refractivity contribution >= 4 is 27.5 Å². The van der Waals surface area contributed by atoms with Crippen molar-refractivity contribution in [3.05, 3.63) is 56.7 Å². The lowest BCUT2D eigenvalue weighted by atomic mass is 9.90. The van der Waals surface area contributed by atoms with Gasteiger partial charge in [0.2, 0.25) is 5.95 Å². The van der Waals surface area contributed by atoms with Gasteiger partial charge in [0, 0.05) is 24.0 Å². The second kappa shape index (κ2) is 8.18. The number of aryl methyl sites for hydroxylation is 2. The molecule has 0 bridgehead atoms. The first-order chi connectivity index (χ1) is 14.6. The molecule has 2 aromatic heterocycles. The minimum absolute atomic E-state index is 0.116. The number of fused-ring (bicyclic) bond motifs is 3.